The highest BCUT2D eigenvalue weighted by Gasteiger charge is 2.27. The van der Waals surface area contributed by atoms with Crippen molar-refractivity contribution < 1.29 is 17.9 Å². The van der Waals surface area contributed by atoms with Gasteiger partial charge in [0.05, 0.1) is 13.2 Å². The molecular formula is C16H21NO4S2. The van der Waals surface area contributed by atoms with Crippen LogP contribution in [0.25, 0.3) is 0 Å². The van der Waals surface area contributed by atoms with E-state index in [1.807, 2.05) is 23.8 Å². The fraction of sp³-hybridized carbons (Fsp3) is 0.375. The molecule has 1 aromatic heterocycles. The van der Waals surface area contributed by atoms with Gasteiger partial charge < -0.3 is 9.47 Å². The predicted molar refractivity (Wildman–Crippen MR) is 91.4 cm³/mol. The Hall–Kier alpha value is -1.41. The summed E-state index contributed by atoms with van der Waals surface area (Å²) >= 11 is 1.55. The third-order valence-electron chi connectivity index (χ3n) is 3.25. The maximum absolute atomic E-state index is 13.1. The molecule has 0 aliphatic rings. The Kier molecular flexibility index (Phi) is 6.59. The number of hydrogen-bond donors (Lipinski definition) is 0. The topological polar surface area (TPSA) is 55.8 Å². The van der Waals surface area contributed by atoms with Crippen LogP contribution in [-0.4, -0.2) is 39.6 Å². The fourth-order valence-electron chi connectivity index (χ4n) is 2.14. The summed E-state index contributed by atoms with van der Waals surface area (Å²) in [5.41, 5.74) is 0.962. The molecule has 0 N–H and O–H groups in total. The van der Waals surface area contributed by atoms with Gasteiger partial charge in [-0.3, -0.25) is 0 Å². The number of rotatable bonds is 9. The zero-order chi connectivity index (χ0) is 16.7. The molecule has 23 heavy (non-hydrogen) atoms. The number of ether oxygens (including phenoxy) is 2. The van der Waals surface area contributed by atoms with E-state index in [1.165, 1.54) is 4.31 Å². The number of para-hydroxylation sites is 1. The quantitative estimate of drug-likeness (QED) is 0.694. The van der Waals surface area contributed by atoms with Crippen LogP contribution in [0.2, 0.25) is 0 Å². The van der Waals surface area contributed by atoms with Crippen LogP contribution in [0.4, 0.5) is 0 Å². The van der Waals surface area contributed by atoms with Crippen molar-refractivity contribution in [2.45, 2.75) is 18.4 Å². The van der Waals surface area contributed by atoms with E-state index < -0.39 is 10.0 Å². The first-order valence-electron chi connectivity index (χ1n) is 7.31. The van der Waals surface area contributed by atoms with Crippen LogP contribution in [0, 0.1) is 0 Å². The van der Waals surface area contributed by atoms with Crippen LogP contribution in [-0.2, 0) is 21.3 Å². The second-order valence-corrected chi connectivity index (χ2v) is 7.53. The molecule has 0 bridgehead atoms. The molecular weight excluding hydrogens is 334 g/mol. The SMILES string of the molecule is CCOc1ccccc1S(=O)(=O)N(CCOC)Cc1ccsc1. The minimum absolute atomic E-state index is 0.188. The molecule has 5 nitrogen and oxygen atoms in total. The standard InChI is InChI=1S/C16H21NO4S2/c1-3-21-15-6-4-5-7-16(15)23(18,19)17(9-10-20-2)12-14-8-11-22-13-14/h4-8,11,13H,3,9-10,12H2,1-2H3. The van der Waals surface area contributed by atoms with E-state index in [0.717, 1.165) is 5.56 Å². The molecule has 0 amide bonds. The second kappa shape index (κ2) is 8.44. The van der Waals surface area contributed by atoms with Crippen molar-refractivity contribution in [1.82, 2.24) is 4.31 Å². The zero-order valence-electron chi connectivity index (χ0n) is 13.3. The van der Waals surface area contributed by atoms with Gasteiger partial charge >= 0.3 is 0 Å². The van der Waals surface area contributed by atoms with Crippen LogP contribution in [0.15, 0.2) is 46.0 Å². The molecule has 1 heterocycles. The molecule has 0 radical (unpaired) electrons. The molecule has 0 saturated heterocycles. The average molecular weight is 355 g/mol. The summed E-state index contributed by atoms with van der Waals surface area (Å²) in [6.45, 7) is 3.18. The summed E-state index contributed by atoms with van der Waals surface area (Å²) in [7, 11) is -2.11. The number of thiophene rings is 1. The van der Waals surface area contributed by atoms with Crippen LogP contribution in [0.1, 0.15) is 12.5 Å². The highest BCUT2D eigenvalue weighted by atomic mass is 32.2. The lowest BCUT2D eigenvalue weighted by molar-refractivity contribution is 0.177. The van der Waals surface area contributed by atoms with E-state index >= 15 is 0 Å². The number of nitrogens with zero attached hydrogens (tertiary/aromatic N) is 1. The predicted octanol–water partition coefficient (Wildman–Crippen LogP) is 2.98. The normalized spacial score (nSPS) is 11.8. The first kappa shape index (κ1) is 17.9. The van der Waals surface area contributed by atoms with Crippen molar-refractivity contribution in [2.75, 3.05) is 26.9 Å². The van der Waals surface area contributed by atoms with Crippen molar-refractivity contribution >= 4 is 21.4 Å². The lowest BCUT2D eigenvalue weighted by Gasteiger charge is -2.22. The summed E-state index contributed by atoms with van der Waals surface area (Å²) in [4.78, 5) is 0.188. The van der Waals surface area contributed by atoms with Crippen molar-refractivity contribution in [3.05, 3.63) is 46.7 Å². The smallest absolute Gasteiger partial charge is 0.247 e. The average Bonchev–Trinajstić information content (AvgIpc) is 3.05. The summed E-state index contributed by atoms with van der Waals surface area (Å²) in [6, 6.07) is 8.65. The summed E-state index contributed by atoms with van der Waals surface area (Å²) < 4.78 is 38.1. The molecule has 0 fully saturated rings. The lowest BCUT2D eigenvalue weighted by Crippen LogP contribution is -2.33. The van der Waals surface area contributed by atoms with Gasteiger partial charge in [-0.2, -0.15) is 15.6 Å². The van der Waals surface area contributed by atoms with E-state index in [-0.39, 0.29) is 11.4 Å². The molecule has 7 heteroatoms. The highest BCUT2D eigenvalue weighted by Crippen LogP contribution is 2.27. The first-order valence-corrected chi connectivity index (χ1v) is 9.70. The third-order valence-corrected chi connectivity index (χ3v) is 5.87. The lowest BCUT2D eigenvalue weighted by atomic mass is 10.3. The monoisotopic (exact) mass is 355 g/mol. The number of benzene rings is 1. The maximum atomic E-state index is 13.1. The van der Waals surface area contributed by atoms with Gasteiger partial charge in [0, 0.05) is 20.2 Å². The summed E-state index contributed by atoms with van der Waals surface area (Å²) in [5, 5.41) is 3.88. The number of sulfonamides is 1. The Labute approximate surface area is 141 Å². The van der Waals surface area contributed by atoms with E-state index in [0.29, 0.717) is 25.5 Å². The molecule has 1 aromatic carbocycles. The van der Waals surface area contributed by atoms with Crippen molar-refractivity contribution in [3.8, 4) is 5.75 Å². The van der Waals surface area contributed by atoms with Gasteiger partial charge in [0.25, 0.3) is 0 Å². The Morgan fingerprint density at radius 3 is 2.65 bits per heavy atom. The highest BCUT2D eigenvalue weighted by molar-refractivity contribution is 7.89. The Morgan fingerprint density at radius 2 is 2.00 bits per heavy atom. The molecule has 0 unspecified atom stereocenters. The molecule has 0 atom stereocenters. The van der Waals surface area contributed by atoms with E-state index in [2.05, 4.69) is 0 Å². The van der Waals surface area contributed by atoms with Crippen LogP contribution >= 0.6 is 11.3 Å². The van der Waals surface area contributed by atoms with E-state index in [9.17, 15) is 8.42 Å². The largest absolute Gasteiger partial charge is 0.492 e. The van der Waals surface area contributed by atoms with E-state index in [1.54, 1.807) is 42.7 Å². The Morgan fingerprint density at radius 1 is 1.22 bits per heavy atom. The second-order valence-electron chi connectivity index (χ2n) is 4.84. The minimum atomic E-state index is -3.67. The van der Waals surface area contributed by atoms with Crippen molar-refractivity contribution in [3.63, 3.8) is 0 Å². The number of methoxy groups -OCH3 is 1. The molecule has 2 rings (SSSR count). The minimum Gasteiger partial charge on any atom is -0.492 e. The van der Waals surface area contributed by atoms with Gasteiger partial charge in [0.15, 0.2) is 0 Å². The van der Waals surface area contributed by atoms with Crippen LogP contribution < -0.4 is 4.74 Å². The third kappa shape index (κ3) is 4.54. The van der Waals surface area contributed by atoms with Gasteiger partial charge in [-0.25, -0.2) is 8.42 Å². The van der Waals surface area contributed by atoms with Crippen LogP contribution in [0.5, 0.6) is 5.75 Å². The first-order chi connectivity index (χ1) is 11.1. The molecule has 0 spiro atoms. The van der Waals surface area contributed by atoms with E-state index in [4.69, 9.17) is 9.47 Å². The Bertz CT molecular complexity index is 699. The van der Waals surface area contributed by atoms with Gasteiger partial charge in [0.1, 0.15) is 10.6 Å². The zero-order valence-corrected chi connectivity index (χ0v) is 14.9. The maximum Gasteiger partial charge on any atom is 0.247 e. The molecule has 0 aliphatic carbocycles. The van der Waals surface area contributed by atoms with Crippen LogP contribution in [0.3, 0.4) is 0 Å². The molecule has 0 aliphatic heterocycles. The van der Waals surface area contributed by atoms with Gasteiger partial charge in [0.2, 0.25) is 10.0 Å². The van der Waals surface area contributed by atoms with Gasteiger partial charge in [-0.15, -0.1) is 0 Å². The summed E-state index contributed by atoms with van der Waals surface area (Å²) in [5.74, 6) is 0.378. The fourth-order valence-corrected chi connectivity index (χ4v) is 4.34. The molecule has 126 valence electrons. The van der Waals surface area contributed by atoms with Gasteiger partial charge in [-0.05, 0) is 41.4 Å². The van der Waals surface area contributed by atoms with Gasteiger partial charge in [-0.1, -0.05) is 12.1 Å². The van der Waals surface area contributed by atoms with Crippen molar-refractivity contribution in [1.29, 1.82) is 0 Å². The Balaban J connectivity index is 2.35. The molecule has 0 saturated carbocycles. The van der Waals surface area contributed by atoms with Crippen molar-refractivity contribution in [2.24, 2.45) is 0 Å². The number of hydrogen-bond acceptors (Lipinski definition) is 5. The summed E-state index contributed by atoms with van der Waals surface area (Å²) in [6.07, 6.45) is 0. The molecule has 2 aromatic rings.